The molecule has 7 heteroatoms. The fraction of sp³-hybridized carbons (Fsp3) is 0.214. The largest absolute Gasteiger partial charge is 0.326 e. The first-order valence-corrected chi connectivity index (χ1v) is 8.11. The summed E-state index contributed by atoms with van der Waals surface area (Å²) in [7, 11) is -2.13. The van der Waals surface area contributed by atoms with Crippen molar-refractivity contribution in [2.24, 2.45) is 5.73 Å². The van der Waals surface area contributed by atoms with Crippen molar-refractivity contribution in [2.45, 2.75) is 18.1 Å². The van der Waals surface area contributed by atoms with Crippen LogP contribution in [0.1, 0.15) is 11.1 Å². The monoisotopic (exact) mass is 325 g/mol. The summed E-state index contributed by atoms with van der Waals surface area (Å²) in [5, 5.41) is 0.577. The summed E-state index contributed by atoms with van der Waals surface area (Å²) in [4.78, 5) is 3.97. The summed E-state index contributed by atoms with van der Waals surface area (Å²) < 4.78 is 26.1. The molecule has 0 unspecified atom stereocenters. The molecule has 2 N–H and O–H groups in total. The average molecular weight is 326 g/mol. The van der Waals surface area contributed by atoms with E-state index in [1.165, 1.54) is 23.6 Å². The van der Waals surface area contributed by atoms with Crippen molar-refractivity contribution in [3.05, 3.63) is 58.7 Å². The third-order valence-electron chi connectivity index (χ3n) is 3.00. The molecule has 0 amide bonds. The van der Waals surface area contributed by atoms with Gasteiger partial charge in [-0.05, 0) is 29.3 Å². The van der Waals surface area contributed by atoms with Crippen molar-refractivity contribution in [3.63, 3.8) is 0 Å². The lowest BCUT2D eigenvalue weighted by Crippen LogP contribution is -2.27. The summed E-state index contributed by atoms with van der Waals surface area (Å²) >= 11 is 5.90. The maximum absolute atomic E-state index is 12.4. The van der Waals surface area contributed by atoms with Crippen LogP contribution in [0.4, 0.5) is 0 Å². The van der Waals surface area contributed by atoms with Gasteiger partial charge >= 0.3 is 0 Å². The Morgan fingerprint density at radius 3 is 2.57 bits per heavy atom. The SMILES string of the molecule is CN(Cc1cccc(Cl)c1)S(=O)(=O)c1ccc(CN)cn1. The Morgan fingerprint density at radius 2 is 2.00 bits per heavy atom. The minimum atomic E-state index is -3.64. The zero-order valence-corrected chi connectivity index (χ0v) is 13.1. The van der Waals surface area contributed by atoms with Crippen molar-refractivity contribution >= 4 is 21.6 Å². The molecule has 5 nitrogen and oxygen atoms in total. The van der Waals surface area contributed by atoms with Crippen LogP contribution in [0.2, 0.25) is 5.02 Å². The number of sulfonamides is 1. The molecule has 0 atom stereocenters. The van der Waals surface area contributed by atoms with Crippen LogP contribution in [0, 0.1) is 0 Å². The van der Waals surface area contributed by atoms with Crippen LogP contribution in [0.15, 0.2) is 47.6 Å². The minimum absolute atomic E-state index is 0.00391. The Morgan fingerprint density at radius 1 is 1.24 bits per heavy atom. The lowest BCUT2D eigenvalue weighted by Gasteiger charge is -2.17. The van der Waals surface area contributed by atoms with E-state index in [1.807, 2.05) is 6.07 Å². The van der Waals surface area contributed by atoms with Crippen molar-refractivity contribution in [1.82, 2.24) is 9.29 Å². The molecule has 0 saturated carbocycles. The molecule has 1 aromatic heterocycles. The van der Waals surface area contributed by atoms with Crippen LogP contribution in [0.3, 0.4) is 0 Å². The predicted molar refractivity (Wildman–Crippen MR) is 82.2 cm³/mol. The Kier molecular flexibility index (Phi) is 4.95. The van der Waals surface area contributed by atoms with Gasteiger partial charge in [-0.25, -0.2) is 13.4 Å². The standard InChI is InChI=1S/C14H16ClN3O2S/c1-18(10-11-3-2-4-13(15)7-11)21(19,20)14-6-5-12(8-16)9-17-14/h2-7,9H,8,10,16H2,1H3. The highest BCUT2D eigenvalue weighted by molar-refractivity contribution is 7.89. The van der Waals surface area contributed by atoms with E-state index in [4.69, 9.17) is 17.3 Å². The van der Waals surface area contributed by atoms with Gasteiger partial charge in [-0.15, -0.1) is 0 Å². The van der Waals surface area contributed by atoms with Gasteiger partial charge in [0, 0.05) is 31.4 Å². The zero-order chi connectivity index (χ0) is 15.5. The number of rotatable bonds is 5. The van der Waals surface area contributed by atoms with E-state index in [1.54, 1.807) is 24.3 Å². The van der Waals surface area contributed by atoms with Crippen LogP contribution in [-0.4, -0.2) is 24.8 Å². The lowest BCUT2D eigenvalue weighted by atomic mass is 10.2. The number of aromatic nitrogens is 1. The van der Waals surface area contributed by atoms with E-state index < -0.39 is 10.0 Å². The number of nitrogens with two attached hydrogens (primary N) is 1. The summed E-state index contributed by atoms with van der Waals surface area (Å²) in [6.45, 7) is 0.550. The van der Waals surface area contributed by atoms with Crippen LogP contribution in [-0.2, 0) is 23.1 Å². The van der Waals surface area contributed by atoms with E-state index in [-0.39, 0.29) is 11.6 Å². The lowest BCUT2D eigenvalue weighted by molar-refractivity contribution is 0.464. The maximum atomic E-state index is 12.4. The molecule has 0 aliphatic heterocycles. The Balaban J connectivity index is 2.21. The first-order chi connectivity index (χ1) is 9.93. The van der Waals surface area contributed by atoms with Crippen LogP contribution in [0.5, 0.6) is 0 Å². The van der Waals surface area contributed by atoms with E-state index in [0.29, 0.717) is 11.6 Å². The fourth-order valence-electron chi connectivity index (χ4n) is 1.82. The second-order valence-electron chi connectivity index (χ2n) is 4.60. The molecule has 0 bridgehead atoms. The molecule has 0 fully saturated rings. The molecule has 0 aliphatic rings. The molecule has 0 spiro atoms. The molecule has 1 heterocycles. The fourth-order valence-corrected chi connectivity index (χ4v) is 3.10. The van der Waals surface area contributed by atoms with Crippen molar-refractivity contribution < 1.29 is 8.42 Å². The molecule has 112 valence electrons. The molecule has 2 rings (SSSR count). The molecule has 0 aliphatic carbocycles. The van der Waals surface area contributed by atoms with Gasteiger partial charge in [0.15, 0.2) is 5.03 Å². The molecule has 2 aromatic rings. The van der Waals surface area contributed by atoms with Crippen LogP contribution >= 0.6 is 11.6 Å². The molecular formula is C14H16ClN3O2S. The smallest absolute Gasteiger partial charge is 0.260 e. The van der Waals surface area contributed by atoms with Gasteiger partial charge in [0.1, 0.15) is 0 Å². The zero-order valence-electron chi connectivity index (χ0n) is 11.5. The minimum Gasteiger partial charge on any atom is -0.326 e. The second kappa shape index (κ2) is 6.53. The molecule has 0 saturated heterocycles. The number of pyridine rings is 1. The molecule has 0 radical (unpaired) electrons. The summed E-state index contributed by atoms with van der Waals surface area (Å²) in [6, 6.07) is 10.2. The molecule has 1 aromatic carbocycles. The maximum Gasteiger partial charge on any atom is 0.260 e. The van der Waals surface area contributed by atoms with E-state index in [0.717, 1.165) is 11.1 Å². The topological polar surface area (TPSA) is 76.3 Å². The van der Waals surface area contributed by atoms with Gasteiger partial charge in [-0.2, -0.15) is 4.31 Å². The van der Waals surface area contributed by atoms with E-state index in [2.05, 4.69) is 4.98 Å². The Labute approximate surface area is 129 Å². The van der Waals surface area contributed by atoms with Gasteiger partial charge in [-0.1, -0.05) is 29.8 Å². The predicted octanol–water partition coefficient (Wildman–Crippen LogP) is 2.01. The van der Waals surface area contributed by atoms with Gasteiger partial charge in [0.05, 0.1) is 0 Å². The van der Waals surface area contributed by atoms with Crippen molar-refractivity contribution in [1.29, 1.82) is 0 Å². The Bertz CT molecular complexity index is 717. The highest BCUT2D eigenvalue weighted by atomic mass is 35.5. The quantitative estimate of drug-likeness (QED) is 0.912. The summed E-state index contributed by atoms with van der Waals surface area (Å²) in [5.41, 5.74) is 7.07. The van der Waals surface area contributed by atoms with Crippen LogP contribution in [0.25, 0.3) is 0 Å². The van der Waals surface area contributed by atoms with E-state index in [9.17, 15) is 8.42 Å². The number of benzene rings is 1. The first-order valence-electron chi connectivity index (χ1n) is 6.29. The Hall–Kier alpha value is -1.47. The van der Waals surface area contributed by atoms with Gasteiger partial charge in [0.25, 0.3) is 10.0 Å². The second-order valence-corrected chi connectivity index (χ2v) is 7.03. The van der Waals surface area contributed by atoms with Gasteiger partial charge in [0.2, 0.25) is 0 Å². The number of nitrogens with zero attached hydrogens (tertiary/aromatic N) is 2. The summed E-state index contributed by atoms with van der Waals surface area (Å²) in [6.07, 6.45) is 1.47. The summed E-state index contributed by atoms with van der Waals surface area (Å²) in [5.74, 6) is 0. The highest BCUT2D eigenvalue weighted by Crippen LogP contribution is 2.17. The highest BCUT2D eigenvalue weighted by Gasteiger charge is 2.22. The third-order valence-corrected chi connectivity index (χ3v) is 4.96. The average Bonchev–Trinajstić information content (AvgIpc) is 2.47. The number of halogens is 1. The van der Waals surface area contributed by atoms with Crippen LogP contribution < -0.4 is 5.73 Å². The van der Waals surface area contributed by atoms with Gasteiger partial charge < -0.3 is 5.73 Å². The van der Waals surface area contributed by atoms with Crippen molar-refractivity contribution in [2.75, 3.05) is 7.05 Å². The third kappa shape index (κ3) is 3.79. The first kappa shape index (κ1) is 15.9. The van der Waals surface area contributed by atoms with Crippen molar-refractivity contribution in [3.8, 4) is 0 Å². The molecular weight excluding hydrogens is 310 g/mol. The van der Waals surface area contributed by atoms with E-state index >= 15 is 0 Å². The number of hydrogen-bond acceptors (Lipinski definition) is 4. The normalized spacial score (nSPS) is 11.8. The van der Waals surface area contributed by atoms with Gasteiger partial charge in [-0.3, -0.25) is 0 Å². The molecule has 21 heavy (non-hydrogen) atoms. The number of hydrogen-bond donors (Lipinski definition) is 1.